The molecule has 1 aromatic carbocycles. The maximum Gasteiger partial charge on any atom is 0.332 e. The number of nitro groups is 1. The van der Waals surface area contributed by atoms with Crippen LogP contribution < -0.4 is 16.8 Å². The molecule has 1 fully saturated rings. The zero-order valence-corrected chi connectivity index (χ0v) is 17.3. The molecular weight excluding hydrogens is 392 g/mol. The van der Waals surface area contributed by atoms with Gasteiger partial charge in [0.15, 0.2) is 0 Å². The van der Waals surface area contributed by atoms with Crippen LogP contribution in [0.2, 0.25) is 5.02 Å². The third-order valence-electron chi connectivity index (χ3n) is 5.70. The molecule has 1 heterocycles. The molecular formula is C20H27ClN6O2. The number of aryl methyl sites for hydroxylation is 1. The summed E-state index contributed by atoms with van der Waals surface area (Å²) in [6.45, 7) is 3.14. The normalized spacial score (nSPS) is 19.1. The van der Waals surface area contributed by atoms with E-state index in [-0.39, 0.29) is 17.5 Å². The number of nitrogen functional groups attached to an aromatic ring is 1. The van der Waals surface area contributed by atoms with E-state index in [0.717, 1.165) is 36.8 Å². The van der Waals surface area contributed by atoms with Gasteiger partial charge in [0.1, 0.15) is 5.69 Å². The molecule has 29 heavy (non-hydrogen) atoms. The van der Waals surface area contributed by atoms with Gasteiger partial charge in [-0.05, 0) is 80.7 Å². The van der Waals surface area contributed by atoms with Gasteiger partial charge in [-0.3, -0.25) is 10.1 Å². The Bertz CT molecular complexity index is 884. The topological polar surface area (TPSA) is 133 Å². The number of rotatable bonds is 7. The van der Waals surface area contributed by atoms with E-state index in [0.29, 0.717) is 42.1 Å². The number of hydrogen-bond donors (Lipinski definition) is 3. The van der Waals surface area contributed by atoms with E-state index in [9.17, 15) is 10.1 Å². The van der Waals surface area contributed by atoms with Crippen molar-refractivity contribution >= 4 is 29.1 Å². The van der Waals surface area contributed by atoms with Crippen molar-refractivity contribution < 1.29 is 4.92 Å². The van der Waals surface area contributed by atoms with Crippen LogP contribution in [0.3, 0.4) is 0 Å². The van der Waals surface area contributed by atoms with Crippen LogP contribution in [-0.2, 0) is 13.0 Å². The van der Waals surface area contributed by atoms with E-state index in [1.165, 1.54) is 0 Å². The largest absolute Gasteiger partial charge is 0.378 e. The molecule has 156 valence electrons. The first-order valence-electron chi connectivity index (χ1n) is 9.87. The van der Waals surface area contributed by atoms with Gasteiger partial charge in [0, 0.05) is 11.6 Å². The second-order valence-corrected chi connectivity index (χ2v) is 8.17. The number of benzene rings is 1. The Morgan fingerprint density at radius 3 is 2.59 bits per heavy atom. The molecule has 0 bridgehead atoms. The zero-order valence-electron chi connectivity index (χ0n) is 16.5. The predicted octanol–water partition coefficient (Wildman–Crippen LogP) is 3.85. The molecule has 3 rings (SSSR count). The van der Waals surface area contributed by atoms with Crippen LogP contribution in [0.15, 0.2) is 18.2 Å². The standard InChI is InChI=1S/C20H27ClN6O2/c1-12-2-7-16(21)9-15(12)11-24-20-25-17(18(27(28)29)19(23)26-20)8-13-3-5-14(10-22)6-4-13/h2,7,9,13-14H,3-6,8,10-11,22H2,1H3,(H3,23,24,25,26). The number of nitrogens with one attached hydrogen (secondary N) is 1. The van der Waals surface area contributed by atoms with Crippen molar-refractivity contribution in [3.63, 3.8) is 0 Å². The summed E-state index contributed by atoms with van der Waals surface area (Å²) in [4.78, 5) is 19.6. The second kappa shape index (κ2) is 9.37. The first-order valence-corrected chi connectivity index (χ1v) is 10.2. The van der Waals surface area contributed by atoms with Crippen molar-refractivity contribution in [3.05, 3.63) is 50.2 Å². The lowest BCUT2D eigenvalue weighted by Gasteiger charge is -2.27. The highest BCUT2D eigenvalue weighted by Crippen LogP contribution is 2.34. The summed E-state index contributed by atoms with van der Waals surface area (Å²) in [5, 5.41) is 15.3. The lowest BCUT2D eigenvalue weighted by molar-refractivity contribution is -0.385. The second-order valence-electron chi connectivity index (χ2n) is 7.74. The summed E-state index contributed by atoms with van der Waals surface area (Å²) in [6, 6.07) is 5.64. The molecule has 0 unspecified atom stereocenters. The number of aromatic nitrogens is 2. The Kier molecular flexibility index (Phi) is 6.87. The number of halogens is 1. The van der Waals surface area contributed by atoms with Crippen molar-refractivity contribution in [1.82, 2.24) is 9.97 Å². The quantitative estimate of drug-likeness (QED) is 0.459. The fourth-order valence-electron chi connectivity index (χ4n) is 3.89. The Hall–Kier alpha value is -2.45. The van der Waals surface area contributed by atoms with Crippen molar-refractivity contribution in [2.45, 2.75) is 45.6 Å². The van der Waals surface area contributed by atoms with E-state index < -0.39 is 4.92 Å². The first kappa shape index (κ1) is 21.3. The van der Waals surface area contributed by atoms with E-state index >= 15 is 0 Å². The van der Waals surface area contributed by atoms with Gasteiger partial charge in [-0.2, -0.15) is 4.98 Å². The zero-order chi connectivity index (χ0) is 21.0. The molecule has 0 amide bonds. The smallest absolute Gasteiger partial charge is 0.332 e. The molecule has 9 heteroatoms. The van der Waals surface area contributed by atoms with Crippen LogP contribution in [0.5, 0.6) is 0 Å². The molecule has 1 aliphatic carbocycles. The highest BCUT2D eigenvalue weighted by Gasteiger charge is 2.27. The summed E-state index contributed by atoms with van der Waals surface area (Å²) in [5.74, 6) is 1.07. The fraction of sp³-hybridized carbons (Fsp3) is 0.500. The molecule has 5 N–H and O–H groups in total. The molecule has 0 saturated heterocycles. The molecule has 0 atom stereocenters. The Labute approximate surface area is 175 Å². The molecule has 8 nitrogen and oxygen atoms in total. The van der Waals surface area contributed by atoms with Crippen LogP contribution in [0, 0.1) is 28.9 Å². The summed E-state index contributed by atoms with van der Waals surface area (Å²) in [6.07, 6.45) is 4.61. The Morgan fingerprint density at radius 1 is 1.24 bits per heavy atom. The number of hydrogen-bond acceptors (Lipinski definition) is 7. The minimum atomic E-state index is -0.485. The molecule has 1 saturated carbocycles. The summed E-state index contributed by atoms with van der Waals surface area (Å²) >= 11 is 6.07. The molecule has 0 aliphatic heterocycles. The minimum Gasteiger partial charge on any atom is -0.378 e. The molecule has 1 aromatic heterocycles. The van der Waals surface area contributed by atoms with Gasteiger partial charge in [-0.1, -0.05) is 17.7 Å². The number of nitrogens with two attached hydrogens (primary N) is 2. The SMILES string of the molecule is Cc1ccc(Cl)cc1CNc1nc(N)c([N+](=O)[O-])c(CC2CCC(CN)CC2)n1. The third kappa shape index (κ3) is 5.33. The fourth-order valence-corrected chi connectivity index (χ4v) is 4.09. The van der Waals surface area contributed by atoms with Gasteiger partial charge in [-0.25, -0.2) is 4.98 Å². The molecule has 0 radical (unpaired) electrons. The van der Waals surface area contributed by atoms with Crippen molar-refractivity contribution in [3.8, 4) is 0 Å². The number of nitrogens with zero attached hydrogens (tertiary/aromatic N) is 3. The van der Waals surface area contributed by atoms with Crippen LogP contribution in [-0.4, -0.2) is 21.4 Å². The average Bonchev–Trinajstić information content (AvgIpc) is 2.68. The predicted molar refractivity (Wildman–Crippen MR) is 115 cm³/mol. The van der Waals surface area contributed by atoms with Crippen LogP contribution in [0.4, 0.5) is 17.5 Å². The van der Waals surface area contributed by atoms with Crippen LogP contribution in [0.25, 0.3) is 0 Å². The van der Waals surface area contributed by atoms with E-state index in [1.54, 1.807) is 0 Å². The van der Waals surface area contributed by atoms with Crippen molar-refractivity contribution in [2.24, 2.45) is 17.6 Å². The van der Waals surface area contributed by atoms with E-state index in [4.69, 9.17) is 23.1 Å². The van der Waals surface area contributed by atoms with Gasteiger partial charge in [0.25, 0.3) is 0 Å². The lowest BCUT2D eigenvalue weighted by Crippen LogP contribution is -2.23. The van der Waals surface area contributed by atoms with Crippen molar-refractivity contribution in [2.75, 3.05) is 17.6 Å². The Morgan fingerprint density at radius 2 is 1.93 bits per heavy atom. The van der Waals surface area contributed by atoms with Gasteiger partial charge >= 0.3 is 5.69 Å². The maximum absolute atomic E-state index is 11.5. The molecule has 2 aromatic rings. The van der Waals surface area contributed by atoms with Gasteiger partial charge < -0.3 is 16.8 Å². The Balaban J connectivity index is 1.78. The van der Waals surface area contributed by atoms with Gasteiger partial charge in [0.2, 0.25) is 11.8 Å². The summed E-state index contributed by atoms with van der Waals surface area (Å²) < 4.78 is 0. The highest BCUT2D eigenvalue weighted by atomic mass is 35.5. The van der Waals surface area contributed by atoms with Gasteiger partial charge in [-0.15, -0.1) is 0 Å². The highest BCUT2D eigenvalue weighted by molar-refractivity contribution is 6.30. The summed E-state index contributed by atoms with van der Waals surface area (Å²) in [7, 11) is 0. The van der Waals surface area contributed by atoms with Crippen molar-refractivity contribution in [1.29, 1.82) is 0 Å². The average molecular weight is 419 g/mol. The van der Waals surface area contributed by atoms with Crippen LogP contribution in [0.1, 0.15) is 42.5 Å². The van der Waals surface area contributed by atoms with E-state index in [1.807, 2.05) is 25.1 Å². The summed E-state index contributed by atoms with van der Waals surface area (Å²) in [5.41, 5.74) is 14.0. The third-order valence-corrected chi connectivity index (χ3v) is 5.93. The monoisotopic (exact) mass is 418 g/mol. The first-order chi connectivity index (χ1) is 13.9. The minimum absolute atomic E-state index is 0.110. The molecule has 0 spiro atoms. The molecule has 1 aliphatic rings. The van der Waals surface area contributed by atoms with Crippen LogP contribution >= 0.6 is 11.6 Å². The van der Waals surface area contributed by atoms with Gasteiger partial charge in [0.05, 0.1) is 4.92 Å². The number of anilines is 2. The lowest BCUT2D eigenvalue weighted by atomic mass is 9.80. The maximum atomic E-state index is 11.5. The van der Waals surface area contributed by atoms with E-state index in [2.05, 4.69) is 15.3 Å².